The molecule has 0 fully saturated rings. The van der Waals surface area contributed by atoms with E-state index in [0.717, 1.165) is 11.0 Å². The maximum atomic E-state index is 14.0. The summed E-state index contributed by atoms with van der Waals surface area (Å²) in [4.78, 5) is 24.9. The summed E-state index contributed by atoms with van der Waals surface area (Å²) in [7, 11) is 0. The van der Waals surface area contributed by atoms with Gasteiger partial charge in [0.25, 0.3) is 5.56 Å². The number of hydrogen-bond acceptors (Lipinski definition) is 5. The molecular formula is C14H12ClFN4OS. The van der Waals surface area contributed by atoms with Crippen LogP contribution in [0.1, 0.15) is 25.5 Å². The van der Waals surface area contributed by atoms with E-state index in [1.807, 2.05) is 18.4 Å². The van der Waals surface area contributed by atoms with Crippen LogP contribution in [0.3, 0.4) is 0 Å². The van der Waals surface area contributed by atoms with Gasteiger partial charge in [0, 0.05) is 6.04 Å². The molecule has 0 unspecified atom stereocenters. The normalized spacial score (nSPS) is 11.5. The van der Waals surface area contributed by atoms with Crippen LogP contribution < -0.4 is 5.56 Å². The van der Waals surface area contributed by atoms with Crippen LogP contribution in [0.5, 0.6) is 0 Å². The summed E-state index contributed by atoms with van der Waals surface area (Å²) in [5, 5.41) is 0.454. The van der Waals surface area contributed by atoms with Crippen LogP contribution in [0, 0.1) is 12.7 Å². The molecular weight excluding hydrogens is 327 g/mol. The van der Waals surface area contributed by atoms with Gasteiger partial charge in [-0.25, -0.2) is 14.4 Å². The molecule has 0 aliphatic carbocycles. The Morgan fingerprint density at radius 1 is 1.36 bits per heavy atom. The van der Waals surface area contributed by atoms with Crippen molar-refractivity contribution in [1.29, 1.82) is 0 Å². The van der Waals surface area contributed by atoms with Gasteiger partial charge in [0.2, 0.25) is 5.28 Å². The number of aryl methyl sites for hydroxylation is 1. The molecule has 0 saturated carbocycles. The summed E-state index contributed by atoms with van der Waals surface area (Å²) in [6, 6.07) is 0.125. The quantitative estimate of drug-likeness (QED) is 0.670. The third-order valence-electron chi connectivity index (χ3n) is 3.36. The van der Waals surface area contributed by atoms with Crippen LogP contribution in [-0.2, 0) is 0 Å². The first kappa shape index (κ1) is 15.1. The lowest BCUT2D eigenvalue weighted by atomic mass is 10.1. The first-order valence-corrected chi connectivity index (χ1v) is 7.78. The second-order valence-corrected chi connectivity index (χ2v) is 6.46. The van der Waals surface area contributed by atoms with Gasteiger partial charge in [0.15, 0.2) is 5.82 Å². The van der Waals surface area contributed by atoms with Crippen molar-refractivity contribution in [2.24, 2.45) is 0 Å². The molecule has 0 aliphatic heterocycles. The summed E-state index contributed by atoms with van der Waals surface area (Å²) in [6.45, 7) is 5.74. The van der Waals surface area contributed by atoms with Crippen LogP contribution in [0.4, 0.5) is 4.39 Å². The number of aromatic nitrogens is 4. The minimum Gasteiger partial charge on any atom is -0.321 e. The average Bonchev–Trinajstić information content (AvgIpc) is 2.80. The van der Waals surface area contributed by atoms with E-state index in [0.29, 0.717) is 15.8 Å². The first-order chi connectivity index (χ1) is 10.4. The lowest BCUT2D eigenvalue weighted by molar-refractivity contribution is 0.610. The Morgan fingerprint density at radius 2 is 2.09 bits per heavy atom. The second kappa shape index (κ2) is 5.40. The third kappa shape index (κ3) is 2.30. The molecule has 3 rings (SSSR count). The van der Waals surface area contributed by atoms with Gasteiger partial charge >= 0.3 is 0 Å². The topological polar surface area (TPSA) is 60.7 Å². The Morgan fingerprint density at radius 3 is 2.77 bits per heavy atom. The van der Waals surface area contributed by atoms with Crippen molar-refractivity contribution in [3.05, 3.63) is 39.5 Å². The lowest BCUT2D eigenvalue weighted by Crippen LogP contribution is -2.12. The third-order valence-corrected chi connectivity index (χ3v) is 4.86. The number of rotatable bonds is 2. The monoisotopic (exact) mass is 338 g/mol. The van der Waals surface area contributed by atoms with Crippen molar-refractivity contribution in [3.63, 3.8) is 0 Å². The zero-order valence-corrected chi connectivity index (χ0v) is 13.7. The molecule has 114 valence electrons. The Hall–Kier alpha value is -1.86. The maximum absolute atomic E-state index is 14.0. The highest BCUT2D eigenvalue weighted by molar-refractivity contribution is 7.22. The summed E-state index contributed by atoms with van der Waals surface area (Å²) < 4.78 is 15.9. The molecule has 0 aliphatic rings. The van der Waals surface area contributed by atoms with E-state index < -0.39 is 5.82 Å². The average molecular weight is 339 g/mol. The van der Waals surface area contributed by atoms with Crippen molar-refractivity contribution in [2.45, 2.75) is 26.8 Å². The molecule has 5 nitrogen and oxygen atoms in total. The molecule has 3 aromatic heterocycles. The Kier molecular flexibility index (Phi) is 3.70. The number of halogens is 2. The van der Waals surface area contributed by atoms with E-state index in [-0.39, 0.29) is 22.6 Å². The summed E-state index contributed by atoms with van der Waals surface area (Å²) in [5.74, 6) is -0.574. The van der Waals surface area contributed by atoms with E-state index in [9.17, 15) is 9.18 Å². The van der Waals surface area contributed by atoms with E-state index >= 15 is 0 Å². The molecule has 8 heteroatoms. The highest BCUT2D eigenvalue weighted by Gasteiger charge is 2.20. The first-order valence-electron chi connectivity index (χ1n) is 6.58. The van der Waals surface area contributed by atoms with Gasteiger partial charge < -0.3 is 4.57 Å². The molecule has 0 amide bonds. The van der Waals surface area contributed by atoms with Crippen molar-refractivity contribution in [3.8, 4) is 10.6 Å². The van der Waals surface area contributed by atoms with Gasteiger partial charge in [-0.05, 0) is 37.9 Å². The molecule has 0 atom stereocenters. The molecule has 0 radical (unpaired) electrons. The fourth-order valence-corrected chi connectivity index (χ4v) is 3.79. The largest absolute Gasteiger partial charge is 0.321 e. The lowest BCUT2D eigenvalue weighted by Gasteiger charge is -2.10. The Balaban J connectivity index is 2.40. The van der Waals surface area contributed by atoms with Crippen molar-refractivity contribution in [1.82, 2.24) is 19.5 Å². The predicted octanol–water partition coefficient (Wildman–Crippen LogP) is 3.60. The van der Waals surface area contributed by atoms with Crippen LogP contribution in [0.25, 0.3) is 20.8 Å². The molecule has 0 saturated heterocycles. The van der Waals surface area contributed by atoms with Crippen molar-refractivity contribution in [2.75, 3.05) is 0 Å². The molecule has 0 N–H and O–H groups in total. The summed E-state index contributed by atoms with van der Waals surface area (Å²) in [5.41, 5.74) is 0.432. The van der Waals surface area contributed by atoms with E-state index in [4.69, 9.17) is 11.6 Å². The maximum Gasteiger partial charge on any atom is 0.281 e. The van der Waals surface area contributed by atoms with Gasteiger partial charge in [0.05, 0.1) is 16.5 Å². The zero-order chi connectivity index (χ0) is 16.0. The van der Waals surface area contributed by atoms with E-state index in [1.54, 1.807) is 6.92 Å². The van der Waals surface area contributed by atoms with Crippen LogP contribution >= 0.6 is 22.9 Å². The van der Waals surface area contributed by atoms with E-state index in [1.165, 1.54) is 17.7 Å². The molecule has 3 aromatic rings. The summed E-state index contributed by atoms with van der Waals surface area (Å²) in [6.07, 6.45) is 2.54. The minimum atomic E-state index is -0.574. The number of fused-ring (bicyclic) bond motifs is 1. The fourth-order valence-electron chi connectivity index (χ4n) is 2.26. The van der Waals surface area contributed by atoms with Crippen LogP contribution in [0.2, 0.25) is 5.28 Å². The Bertz CT molecular complexity index is 934. The van der Waals surface area contributed by atoms with Gasteiger partial charge in [0.1, 0.15) is 16.9 Å². The van der Waals surface area contributed by atoms with Gasteiger partial charge in [-0.15, -0.1) is 11.3 Å². The van der Waals surface area contributed by atoms with Crippen LogP contribution in [0.15, 0.2) is 17.3 Å². The minimum absolute atomic E-state index is 0.0366. The van der Waals surface area contributed by atoms with Crippen molar-refractivity contribution < 1.29 is 4.39 Å². The standard InChI is InChI=1S/C14H12ClFN4OS/c1-6(2)20-5-18-12(21)9-7(3)11(22-13(9)20)10-8(16)4-17-14(15)19-10/h4-6H,1-3H3. The summed E-state index contributed by atoms with van der Waals surface area (Å²) >= 11 is 7.07. The molecule has 0 aromatic carbocycles. The van der Waals surface area contributed by atoms with Crippen molar-refractivity contribution >= 4 is 33.2 Å². The van der Waals surface area contributed by atoms with Gasteiger partial charge in [-0.3, -0.25) is 4.79 Å². The molecule has 22 heavy (non-hydrogen) atoms. The number of thiophene rings is 1. The predicted molar refractivity (Wildman–Crippen MR) is 85.0 cm³/mol. The highest BCUT2D eigenvalue weighted by atomic mass is 35.5. The second-order valence-electron chi connectivity index (χ2n) is 5.12. The smallest absolute Gasteiger partial charge is 0.281 e. The number of nitrogens with zero attached hydrogens (tertiary/aromatic N) is 4. The number of hydrogen-bond donors (Lipinski definition) is 0. The Labute approximate surface area is 134 Å². The molecule has 0 spiro atoms. The van der Waals surface area contributed by atoms with Gasteiger partial charge in [-0.1, -0.05) is 0 Å². The van der Waals surface area contributed by atoms with E-state index in [2.05, 4.69) is 15.0 Å². The highest BCUT2D eigenvalue weighted by Crippen LogP contribution is 2.37. The fraction of sp³-hybridized carbons (Fsp3) is 0.286. The van der Waals surface area contributed by atoms with Gasteiger partial charge in [-0.2, -0.15) is 4.98 Å². The molecule has 3 heterocycles. The van der Waals surface area contributed by atoms with Crippen LogP contribution in [-0.4, -0.2) is 19.5 Å². The SMILES string of the molecule is Cc1c(-c2nc(Cl)ncc2F)sc2c1c(=O)ncn2C(C)C. The zero-order valence-electron chi connectivity index (χ0n) is 12.1. The molecule has 0 bridgehead atoms.